The molecule has 170 valence electrons. The standard InChI is InChI=1S/C26H21BrCl3NO2/c1-32-23-10-15(9-20(27)26(23)33-13-14-5-2-3-8-21(14)29)24-18-7-4-6-17(18)19-11-16(28)12-22(30)25(19)31-24/h2-6,8-12,17-18,24,31H,7,13H2,1H3/t17-,18-,24-/m0/s1. The highest BCUT2D eigenvalue weighted by Gasteiger charge is 2.39. The summed E-state index contributed by atoms with van der Waals surface area (Å²) in [6, 6.07) is 15.6. The molecule has 3 atom stereocenters. The molecule has 0 radical (unpaired) electrons. The average Bonchev–Trinajstić information content (AvgIpc) is 3.29. The van der Waals surface area contributed by atoms with Gasteiger partial charge in [0, 0.05) is 21.5 Å². The highest BCUT2D eigenvalue weighted by Crippen LogP contribution is 2.53. The maximum atomic E-state index is 6.58. The summed E-state index contributed by atoms with van der Waals surface area (Å²) in [5.41, 5.74) is 4.09. The first-order valence-corrected chi connectivity index (χ1v) is 12.5. The topological polar surface area (TPSA) is 30.5 Å². The monoisotopic (exact) mass is 563 g/mol. The summed E-state index contributed by atoms with van der Waals surface area (Å²) < 4.78 is 12.7. The fraction of sp³-hybridized carbons (Fsp3) is 0.231. The second kappa shape index (κ2) is 9.42. The molecule has 0 bridgehead atoms. The fourth-order valence-electron chi connectivity index (χ4n) is 4.78. The van der Waals surface area contributed by atoms with Crippen molar-refractivity contribution in [1.29, 1.82) is 0 Å². The number of fused-ring (bicyclic) bond motifs is 3. The van der Waals surface area contributed by atoms with Crippen LogP contribution in [0.3, 0.4) is 0 Å². The summed E-state index contributed by atoms with van der Waals surface area (Å²) in [6.45, 7) is 0.341. The molecule has 3 aromatic rings. The molecular weight excluding hydrogens is 545 g/mol. The number of methoxy groups -OCH3 is 1. The van der Waals surface area contributed by atoms with Crippen LogP contribution in [-0.4, -0.2) is 7.11 Å². The fourth-order valence-corrected chi connectivity index (χ4v) is 6.10. The normalized spacial score (nSPS) is 20.7. The van der Waals surface area contributed by atoms with Crippen LogP contribution in [0.1, 0.15) is 35.1 Å². The third-order valence-electron chi connectivity index (χ3n) is 6.33. The van der Waals surface area contributed by atoms with Crippen LogP contribution in [0, 0.1) is 5.92 Å². The van der Waals surface area contributed by atoms with Gasteiger partial charge in [0.05, 0.1) is 28.3 Å². The molecule has 1 aliphatic carbocycles. The molecule has 2 aliphatic rings. The Hall–Kier alpha value is -1.85. The van der Waals surface area contributed by atoms with Crippen molar-refractivity contribution < 1.29 is 9.47 Å². The molecule has 0 saturated heterocycles. The number of hydrogen-bond donors (Lipinski definition) is 1. The van der Waals surface area contributed by atoms with Gasteiger partial charge >= 0.3 is 0 Å². The maximum absolute atomic E-state index is 6.58. The smallest absolute Gasteiger partial charge is 0.175 e. The van der Waals surface area contributed by atoms with Crippen molar-refractivity contribution >= 4 is 56.4 Å². The molecule has 1 heterocycles. The Kier molecular flexibility index (Phi) is 6.54. The van der Waals surface area contributed by atoms with Gasteiger partial charge in [-0.1, -0.05) is 65.2 Å². The van der Waals surface area contributed by atoms with E-state index < -0.39 is 0 Å². The van der Waals surface area contributed by atoms with Gasteiger partial charge in [-0.2, -0.15) is 0 Å². The number of ether oxygens (including phenoxy) is 2. The van der Waals surface area contributed by atoms with Gasteiger partial charge in [0.2, 0.25) is 0 Å². The zero-order valence-electron chi connectivity index (χ0n) is 17.7. The summed E-state index contributed by atoms with van der Waals surface area (Å²) in [6.07, 6.45) is 5.47. The first kappa shape index (κ1) is 22.9. The predicted molar refractivity (Wildman–Crippen MR) is 139 cm³/mol. The van der Waals surface area contributed by atoms with E-state index in [-0.39, 0.29) is 12.0 Å². The van der Waals surface area contributed by atoms with E-state index >= 15 is 0 Å². The molecule has 3 aromatic carbocycles. The van der Waals surface area contributed by atoms with E-state index in [1.54, 1.807) is 13.2 Å². The molecule has 0 aromatic heterocycles. The van der Waals surface area contributed by atoms with Gasteiger partial charge in [0.25, 0.3) is 0 Å². The molecule has 0 unspecified atom stereocenters. The van der Waals surface area contributed by atoms with Gasteiger partial charge in [-0.3, -0.25) is 0 Å². The van der Waals surface area contributed by atoms with Crippen LogP contribution in [0.15, 0.2) is 65.2 Å². The minimum atomic E-state index is 0.0546. The Balaban J connectivity index is 1.48. The summed E-state index contributed by atoms with van der Waals surface area (Å²) in [7, 11) is 1.65. The number of halogens is 4. The second-order valence-corrected chi connectivity index (χ2v) is 10.3. The number of hydrogen-bond acceptors (Lipinski definition) is 3. The van der Waals surface area contributed by atoms with E-state index in [2.05, 4.69) is 39.5 Å². The molecule has 1 aliphatic heterocycles. The molecule has 5 rings (SSSR count). The summed E-state index contributed by atoms with van der Waals surface area (Å²) in [5, 5.41) is 5.64. The van der Waals surface area contributed by atoms with E-state index in [4.69, 9.17) is 44.3 Å². The molecule has 0 spiro atoms. The highest BCUT2D eigenvalue weighted by molar-refractivity contribution is 9.10. The lowest BCUT2D eigenvalue weighted by atomic mass is 9.77. The quantitative estimate of drug-likeness (QED) is 0.314. The van der Waals surface area contributed by atoms with E-state index in [0.717, 1.165) is 33.3 Å². The summed E-state index contributed by atoms with van der Waals surface area (Å²) >= 11 is 22.9. The first-order valence-electron chi connectivity index (χ1n) is 10.6. The van der Waals surface area contributed by atoms with Crippen molar-refractivity contribution in [2.24, 2.45) is 5.92 Å². The zero-order valence-corrected chi connectivity index (χ0v) is 21.6. The molecule has 0 saturated carbocycles. The number of rotatable bonds is 5. The molecule has 1 N–H and O–H groups in total. The van der Waals surface area contributed by atoms with Gasteiger partial charge in [0.15, 0.2) is 11.5 Å². The Morgan fingerprint density at radius 2 is 1.88 bits per heavy atom. The summed E-state index contributed by atoms with van der Waals surface area (Å²) in [4.78, 5) is 0. The van der Waals surface area contributed by atoms with Crippen LogP contribution in [0.2, 0.25) is 15.1 Å². The first-order chi connectivity index (χ1) is 16.0. The lowest BCUT2D eigenvalue weighted by Crippen LogP contribution is -2.29. The van der Waals surface area contributed by atoms with Crippen molar-refractivity contribution in [2.45, 2.75) is 25.0 Å². The highest BCUT2D eigenvalue weighted by atomic mass is 79.9. The third-order valence-corrected chi connectivity index (χ3v) is 7.80. The average molecular weight is 566 g/mol. The van der Waals surface area contributed by atoms with E-state index in [9.17, 15) is 0 Å². The minimum absolute atomic E-state index is 0.0546. The van der Waals surface area contributed by atoms with Crippen LogP contribution in [0.25, 0.3) is 0 Å². The minimum Gasteiger partial charge on any atom is -0.493 e. The van der Waals surface area contributed by atoms with Gasteiger partial charge in [-0.25, -0.2) is 0 Å². The van der Waals surface area contributed by atoms with Gasteiger partial charge in [-0.15, -0.1) is 0 Å². The predicted octanol–water partition coefficient (Wildman–Crippen LogP) is 8.82. The van der Waals surface area contributed by atoms with Crippen LogP contribution < -0.4 is 14.8 Å². The molecule has 0 fully saturated rings. The lowest BCUT2D eigenvalue weighted by Gasteiger charge is -2.38. The van der Waals surface area contributed by atoms with E-state index in [1.165, 1.54) is 0 Å². The van der Waals surface area contributed by atoms with Crippen LogP contribution in [0.5, 0.6) is 11.5 Å². The van der Waals surface area contributed by atoms with Gasteiger partial charge in [0.1, 0.15) is 6.61 Å². The molecule has 3 nitrogen and oxygen atoms in total. The van der Waals surface area contributed by atoms with Crippen molar-refractivity contribution in [3.8, 4) is 11.5 Å². The lowest BCUT2D eigenvalue weighted by molar-refractivity contribution is 0.282. The van der Waals surface area contributed by atoms with Crippen LogP contribution in [0.4, 0.5) is 5.69 Å². The van der Waals surface area contributed by atoms with E-state index in [1.807, 2.05) is 36.4 Å². The van der Waals surface area contributed by atoms with Crippen LogP contribution in [-0.2, 0) is 6.61 Å². The Bertz CT molecular complexity index is 1250. The number of nitrogens with one attached hydrogen (secondary N) is 1. The third kappa shape index (κ3) is 4.35. The SMILES string of the molecule is COc1cc([C@@H]2Nc3c(Cl)cc(Cl)cc3[C@H]3C=CC[C@@H]32)cc(Br)c1OCc1ccccc1Cl. The molecule has 0 amide bonds. The van der Waals surface area contributed by atoms with Gasteiger partial charge < -0.3 is 14.8 Å². The second-order valence-electron chi connectivity index (χ2n) is 8.24. The Labute approximate surface area is 216 Å². The molecular formula is C26H21BrCl3NO2. The number of benzene rings is 3. The Morgan fingerprint density at radius 3 is 2.67 bits per heavy atom. The van der Waals surface area contributed by atoms with Gasteiger partial charge in [-0.05, 0) is 69.7 Å². The van der Waals surface area contributed by atoms with E-state index in [0.29, 0.717) is 39.1 Å². The molecule has 7 heteroatoms. The van der Waals surface area contributed by atoms with Crippen molar-refractivity contribution in [1.82, 2.24) is 0 Å². The zero-order chi connectivity index (χ0) is 23.1. The summed E-state index contributed by atoms with van der Waals surface area (Å²) in [5.74, 6) is 1.90. The largest absolute Gasteiger partial charge is 0.493 e. The molecule has 33 heavy (non-hydrogen) atoms. The van der Waals surface area contributed by atoms with Crippen molar-refractivity contribution in [3.63, 3.8) is 0 Å². The maximum Gasteiger partial charge on any atom is 0.175 e. The number of anilines is 1. The van der Waals surface area contributed by atoms with Crippen molar-refractivity contribution in [3.05, 3.63) is 96.9 Å². The van der Waals surface area contributed by atoms with Crippen LogP contribution >= 0.6 is 50.7 Å². The Morgan fingerprint density at radius 1 is 1.06 bits per heavy atom. The van der Waals surface area contributed by atoms with Crippen molar-refractivity contribution in [2.75, 3.05) is 12.4 Å². The number of allylic oxidation sites excluding steroid dienone is 2.